The molecule has 202 valence electrons. The zero-order chi connectivity index (χ0) is 28.0. The van der Waals surface area contributed by atoms with Gasteiger partial charge in [-0.25, -0.2) is 4.79 Å². The average molecular weight is 524 g/mol. The number of amides is 3. The number of likely N-dealkylation sites (tertiary alicyclic amines) is 1. The number of carbonyl (C=O) groups is 3. The van der Waals surface area contributed by atoms with Gasteiger partial charge in [-0.2, -0.15) is 13.2 Å². The van der Waals surface area contributed by atoms with Crippen LogP contribution in [0.2, 0.25) is 0 Å². The van der Waals surface area contributed by atoms with Gasteiger partial charge in [0.05, 0.1) is 17.8 Å². The monoisotopic (exact) mass is 523 g/mol. The van der Waals surface area contributed by atoms with E-state index < -0.39 is 41.4 Å². The maximum atomic E-state index is 12.8. The van der Waals surface area contributed by atoms with Crippen molar-refractivity contribution in [1.29, 1.82) is 0 Å². The van der Waals surface area contributed by atoms with Crippen LogP contribution in [0.1, 0.15) is 69.2 Å². The van der Waals surface area contributed by atoms with E-state index in [1.54, 1.807) is 20.8 Å². The Morgan fingerprint density at radius 1 is 1.14 bits per heavy atom. The summed E-state index contributed by atoms with van der Waals surface area (Å²) in [7, 11) is 0. The van der Waals surface area contributed by atoms with E-state index in [1.807, 2.05) is 13.8 Å². The largest absolute Gasteiger partial charge is 0.444 e. The molecule has 2 aromatic heterocycles. The summed E-state index contributed by atoms with van der Waals surface area (Å²) >= 11 is 0. The van der Waals surface area contributed by atoms with Gasteiger partial charge in [0.25, 0.3) is 5.91 Å². The van der Waals surface area contributed by atoms with Gasteiger partial charge in [0.1, 0.15) is 17.3 Å². The van der Waals surface area contributed by atoms with Crippen molar-refractivity contribution < 1.29 is 32.3 Å². The van der Waals surface area contributed by atoms with Crippen molar-refractivity contribution in [2.24, 2.45) is 5.73 Å². The highest BCUT2D eigenvalue weighted by Crippen LogP contribution is 2.30. The van der Waals surface area contributed by atoms with Crippen molar-refractivity contribution in [3.05, 3.63) is 47.5 Å². The molecule has 37 heavy (non-hydrogen) atoms. The lowest BCUT2D eigenvalue weighted by atomic mass is 10.0. The van der Waals surface area contributed by atoms with Gasteiger partial charge in [-0.1, -0.05) is 19.9 Å². The number of carbonyl (C=O) groups excluding carboxylic acids is 3. The molecule has 1 aliphatic rings. The molecule has 1 atom stereocenters. The molecule has 9 nitrogen and oxygen atoms in total. The molecule has 3 rings (SSSR count). The quantitative estimate of drug-likeness (QED) is 0.602. The number of alkyl halides is 3. The Morgan fingerprint density at radius 3 is 2.35 bits per heavy atom. The average Bonchev–Trinajstić information content (AvgIpc) is 3.32. The second-order valence-corrected chi connectivity index (χ2v) is 9.06. The summed E-state index contributed by atoms with van der Waals surface area (Å²) in [6.45, 7) is 9.56. The summed E-state index contributed by atoms with van der Waals surface area (Å²) in [6.07, 6.45) is -1.87. The number of nitrogens with two attached hydrogens (primary N) is 1. The summed E-state index contributed by atoms with van der Waals surface area (Å²) in [5.74, 6) is -1.21. The Balaban J connectivity index is 0.00000235. The molecule has 0 radical (unpaired) electrons. The fourth-order valence-corrected chi connectivity index (χ4v) is 3.63. The lowest BCUT2D eigenvalue weighted by Crippen LogP contribution is -2.47. The van der Waals surface area contributed by atoms with Gasteiger partial charge < -0.3 is 15.8 Å². The third kappa shape index (κ3) is 7.89. The molecule has 3 amide bonds. The van der Waals surface area contributed by atoms with Crippen molar-refractivity contribution >= 4 is 17.9 Å². The lowest BCUT2D eigenvalue weighted by Gasteiger charge is -2.28. The van der Waals surface area contributed by atoms with Crippen LogP contribution in [0.25, 0.3) is 11.1 Å². The minimum absolute atomic E-state index is 0.00599. The van der Waals surface area contributed by atoms with Gasteiger partial charge in [-0.3, -0.25) is 24.5 Å². The second-order valence-electron chi connectivity index (χ2n) is 9.06. The Kier molecular flexibility index (Phi) is 9.60. The Hall–Kier alpha value is -3.70. The van der Waals surface area contributed by atoms with Crippen molar-refractivity contribution in [2.45, 2.75) is 71.8 Å². The lowest BCUT2D eigenvalue weighted by molar-refractivity contribution is -0.141. The van der Waals surface area contributed by atoms with Crippen molar-refractivity contribution in [2.75, 3.05) is 6.54 Å². The van der Waals surface area contributed by atoms with Crippen LogP contribution < -0.4 is 11.1 Å². The van der Waals surface area contributed by atoms with Crippen LogP contribution in [0.5, 0.6) is 0 Å². The van der Waals surface area contributed by atoms with E-state index in [-0.39, 0.29) is 23.2 Å². The number of hydrogen-bond donors (Lipinski definition) is 2. The first-order chi connectivity index (χ1) is 17.3. The zero-order valence-electron chi connectivity index (χ0n) is 21.5. The first-order valence-corrected chi connectivity index (χ1v) is 11.9. The highest BCUT2D eigenvalue weighted by molar-refractivity contribution is 5.99. The van der Waals surface area contributed by atoms with Gasteiger partial charge in [0.2, 0.25) is 5.91 Å². The third-order valence-electron chi connectivity index (χ3n) is 5.22. The van der Waals surface area contributed by atoms with Gasteiger partial charge >= 0.3 is 12.3 Å². The maximum Gasteiger partial charge on any atom is 0.433 e. The number of rotatable bonds is 5. The zero-order valence-corrected chi connectivity index (χ0v) is 21.5. The molecule has 1 fully saturated rings. The maximum absolute atomic E-state index is 12.8. The highest BCUT2D eigenvalue weighted by atomic mass is 19.4. The van der Waals surface area contributed by atoms with E-state index in [9.17, 15) is 27.6 Å². The molecule has 1 saturated heterocycles. The Labute approximate surface area is 213 Å². The molecule has 1 aliphatic heterocycles. The second kappa shape index (κ2) is 12.0. The van der Waals surface area contributed by atoms with Crippen LogP contribution in [-0.4, -0.2) is 51.0 Å². The van der Waals surface area contributed by atoms with E-state index in [0.29, 0.717) is 25.1 Å². The molecule has 0 saturated carbocycles. The predicted molar refractivity (Wildman–Crippen MR) is 130 cm³/mol. The number of halogens is 3. The molecule has 0 aliphatic carbocycles. The van der Waals surface area contributed by atoms with Crippen molar-refractivity contribution in [3.63, 3.8) is 0 Å². The topological polar surface area (TPSA) is 128 Å². The molecule has 3 N–H and O–H groups in total. The van der Waals surface area contributed by atoms with E-state index in [4.69, 9.17) is 10.5 Å². The smallest absolute Gasteiger partial charge is 0.433 e. The van der Waals surface area contributed by atoms with Crippen molar-refractivity contribution in [1.82, 2.24) is 20.2 Å². The molecule has 0 spiro atoms. The van der Waals surface area contributed by atoms with Gasteiger partial charge in [0, 0.05) is 24.5 Å². The first kappa shape index (κ1) is 29.5. The molecule has 12 heteroatoms. The van der Waals surface area contributed by atoms with Crippen LogP contribution in [-0.2, 0) is 22.3 Å². The van der Waals surface area contributed by atoms with Crippen LogP contribution >= 0.6 is 0 Å². The van der Waals surface area contributed by atoms with E-state index in [1.165, 1.54) is 23.2 Å². The summed E-state index contributed by atoms with van der Waals surface area (Å²) in [5, 5.41) is 2.71. The van der Waals surface area contributed by atoms with E-state index in [0.717, 1.165) is 12.3 Å². The minimum Gasteiger partial charge on any atom is -0.444 e. The Morgan fingerprint density at radius 2 is 1.81 bits per heavy atom. The minimum atomic E-state index is -4.61. The summed E-state index contributed by atoms with van der Waals surface area (Å²) in [5.41, 5.74) is 4.41. The molecule has 0 bridgehead atoms. The predicted octanol–water partition coefficient (Wildman–Crippen LogP) is 4.30. The summed E-state index contributed by atoms with van der Waals surface area (Å²) in [6, 6.07) is 2.73. The summed E-state index contributed by atoms with van der Waals surface area (Å²) in [4.78, 5) is 46.0. The third-order valence-corrected chi connectivity index (χ3v) is 5.22. The van der Waals surface area contributed by atoms with Gasteiger partial charge in [-0.15, -0.1) is 0 Å². The number of hydrogen-bond acceptors (Lipinski definition) is 6. The molecule has 0 unspecified atom stereocenters. The van der Waals surface area contributed by atoms with E-state index in [2.05, 4.69) is 15.3 Å². The highest BCUT2D eigenvalue weighted by Gasteiger charge is 2.36. The molecular weight excluding hydrogens is 491 g/mol. The van der Waals surface area contributed by atoms with Crippen LogP contribution in [0.3, 0.4) is 0 Å². The van der Waals surface area contributed by atoms with Gasteiger partial charge in [0.15, 0.2) is 0 Å². The molecular formula is C25H32F3N5O4. The van der Waals surface area contributed by atoms with Crippen molar-refractivity contribution in [3.8, 4) is 11.1 Å². The fourth-order valence-electron chi connectivity index (χ4n) is 3.63. The Bertz CT molecular complexity index is 1110. The number of ether oxygens (including phenoxy) is 1. The number of pyridine rings is 2. The number of aromatic nitrogens is 2. The normalized spacial score (nSPS) is 15.5. The van der Waals surface area contributed by atoms with Crippen LogP contribution in [0.4, 0.5) is 18.0 Å². The number of nitrogens with zero attached hydrogens (tertiary/aromatic N) is 3. The standard InChI is InChI=1S/C23H26F3N5O4.C2H6/c1-22(2,3)35-21(34)31-8-4-5-17(31)20(33)30-11-14-9-15(16(12-28-14)19(27)32)13-6-7-18(29-10-13)23(24,25)26;1-2/h6-7,9-10,12,17H,4-5,8,11H2,1-3H3,(H2,27,32)(H,30,33);1-2H3/t17-;/m0./s1. The first-order valence-electron chi connectivity index (χ1n) is 11.9. The number of primary amides is 1. The van der Waals surface area contributed by atoms with Crippen LogP contribution in [0, 0.1) is 0 Å². The van der Waals surface area contributed by atoms with E-state index >= 15 is 0 Å². The van der Waals surface area contributed by atoms with Crippen LogP contribution in [0.15, 0.2) is 30.6 Å². The van der Waals surface area contributed by atoms with Gasteiger partial charge in [-0.05, 0) is 51.3 Å². The molecule has 3 heterocycles. The summed E-state index contributed by atoms with van der Waals surface area (Å²) < 4.78 is 43.9. The SMILES string of the molecule is CC.CC(C)(C)OC(=O)N1CCC[C@H]1C(=O)NCc1cc(-c2ccc(C(F)(F)F)nc2)c(C(N)=O)cn1. The molecule has 0 aromatic carbocycles. The number of nitrogens with one attached hydrogen (secondary N) is 1. The fraction of sp³-hybridized carbons (Fsp3) is 0.480. The molecule has 2 aromatic rings.